The SMILES string of the molecule is CC(C)c1ccc(CS(=O)c2ccccc2C(=O)O)cc1. The Bertz CT molecular complexity index is 660. The molecule has 0 spiro atoms. The number of hydrogen-bond donors (Lipinski definition) is 1. The van der Waals surface area contributed by atoms with Crippen molar-refractivity contribution in [3.63, 3.8) is 0 Å². The van der Waals surface area contributed by atoms with E-state index in [1.54, 1.807) is 18.2 Å². The fourth-order valence-corrected chi connectivity index (χ4v) is 3.35. The van der Waals surface area contributed by atoms with Gasteiger partial charge in [-0.05, 0) is 29.2 Å². The molecule has 0 aliphatic carbocycles. The van der Waals surface area contributed by atoms with Gasteiger partial charge >= 0.3 is 5.97 Å². The van der Waals surface area contributed by atoms with Gasteiger partial charge in [0.2, 0.25) is 0 Å². The summed E-state index contributed by atoms with van der Waals surface area (Å²) < 4.78 is 12.4. The lowest BCUT2D eigenvalue weighted by Crippen LogP contribution is -2.05. The molecule has 0 fully saturated rings. The summed E-state index contributed by atoms with van der Waals surface area (Å²) in [5, 5.41) is 9.14. The zero-order valence-corrected chi connectivity index (χ0v) is 12.9. The maximum atomic E-state index is 12.4. The molecule has 3 nitrogen and oxygen atoms in total. The minimum absolute atomic E-state index is 0.106. The maximum absolute atomic E-state index is 12.4. The third-order valence-corrected chi connectivity index (χ3v) is 4.75. The highest BCUT2D eigenvalue weighted by molar-refractivity contribution is 7.84. The van der Waals surface area contributed by atoms with Gasteiger partial charge in [0.15, 0.2) is 0 Å². The van der Waals surface area contributed by atoms with Crippen LogP contribution in [0.5, 0.6) is 0 Å². The van der Waals surface area contributed by atoms with E-state index in [1.165, 1.54) is 11.6 Å². The summed E-state index contributed by atoms with van der Waals surface area (Å²) in [5.41, 5.74) is 2.28. The second-order valence-corrected chi connectivity index (χ2v) is 6.61. The van der Waals surface area contributed by atoms with Crippen LogP contribution in [0.4, 0.5) is 0 Å². The molecule has 0 bridgehead atoms. The quantitative estimate of drug-likeness (QED) is 0.913. The van der Waals surface area contributed by atoms with Gasteiger partial charge in [0.05, 0.1) is 27.0 Å². The summed E-state index contributed by atoms with van der Waals surface area (Å²) in [7, 11) is -1.36. The van der Waals surface area contributed by atoms with Gasteiger partial charge in [-0.15, -0.1) is 0 Å². The van der Waals surface area contributed by atoms with Crippen LogP contribution in [0.1, 0.15) is 41.3 Å². The Morgan fingerprint density at radius 1 is 1.10 bits per heavy atom. The third kappa shape index (κ3) is 3.79. The molecule has 0 saturated heterocycles. The van der Waals surface area contributed by atoms with E-state index in [1.807, 2.05) is 24.3 Å². The van der Waals surface area contributed by atoms with E-state index in [-0.39, 0.29) is 5.56 Å². The molecule has 0 amide bonds. The van der Waals surface area contributed by atoms with Crippen molar-refractivity contribution in [2.75, 3.05) is 0 Å². The van der Waals surface area contributed by atoms with Gasteiger partial charge in [-0.25, -0.2) is 4.79 Å². The Hall–Kier alpha value is -1.94. The number of benzene rings is 2. The van der Waals surface area contributed by atoms with E-state index < -0.39 is 16.8 Å². The lowest BCUT2D eigenvalue weighted by Gasteiger charge is -2.08. The van der Waals surface area contributed by atoms with Crippen LogP contribution in [0.15, 0.2) is 53.4 Å². The molecule has 0 saturated carbocycles. The molecule has 21 heavy (non-hydrogen) atoms. The minimum Gasteiger partial charge on any atom is -0.478 e. The molecule has 0 aliphatic rings. The molecule has 0 aliphatic heterocycles. The molecule has 0 heterocycles. The molecule has 0 aromatic heterocycles. The smallest absolute Gasteiger partial charge is 0.336 e. The molecular formula is C17H18O3S. The molecule has 4 heteroatoms. The molecule has 2 aromatic rings. The maximum Gasteiger partial charge on any atom is 0.336 e. The monoisotopic (exact) mass is 302 g/mol. The molecule has 0 radical (unpaired) electrons. The van der Waals surface area contributed by atoms with Gasteiger partial charge in [-0.2, -0.15) is 0 Å². The van der Waals surface area contributed by atoms with E-state index in [0.717, 1.165) is 5.56 Å². The first-order valence-corrected chi connectivity index (χ1v) is 8.10. The molecule has 2 rings (SSSR count). The Morgan fingerprint density at radius 3 is 2.29 bits per heavy atom. The summed E-state index contributed by atoms with van der Waals surface area (Å²) in [4.78, 5) is 11.5. The van der Waals surface area contributed by atoms with Crippen molar-refractivity contribution < 1.29 is 14.1 Å². The lowest BCUT2D eigenvalue weighted by molar-refractivity contribution is 0.0693. The number of hydrogen-bond acceptors (Lipinski definition) is 2. The van der Waals surface area contributed by atoms with Gasteiger partial charge < -0.3 is 5.11 Å². The highest BCUT2D eigenvalue weighted by Gasteiger charge is 2.15. The van der Waals surface area contributed by atoms with Crippen LogP contribution in [0, 0.1) is 0 Å². The van der Waals surface area contributed by atoms with Gasteiger partial charge in [-0.1, -0.05) is 50.2 Å². The first-order chi connectivity index (χ1) is 9.99. The summed E-state index contributed by atoms with van der Waals surface area (Å²) in [6.07, 6.45) is 0. The Labute approximate surface area is 127 Å². The van der Waals surface area contributed by atoms with E-state index in [0.29, 0.717) is 16.6 Å². The number of aromatic carboxylic acids is 1. The lowest BCUT2D eigenvalue weighted by atomic mass is 10.0. The Kier molecular flexibility index (Phi) is 4.91. The van der Waals surface area contributed by atoms with Crippen LogP contribution in [0.3, 0.4) is 0 Å². The largest absolute Gasteiger partial charge is 0.478 e. The van der Waals surface area contributed by atoms with Gasteiger partial charge in [-0.3, -0.25) is 4.21 Å². The number of carboxylic acids is 1. The number of carboxylic acid groups (broad SMARTS) is 1. The van der Waals surface area contributed by atoms with Crippen LogP contribution in [-0.4, -0.2) is 15.3 Å². The van der Waals surface area contributed by atoms with E-state index >= 15 is 0 Å². The summed E-state index contributed by atoms with van der Waals surface area (Å²) in [5.74, 6) is -0.269. The topological polar surface area (TPSA) is 54.4 Å². The van der Waals surface area contributed by atoms with Crippen molar-refractivity contribution in [1.29, 1.82) is 0 Å². The standard InChI is InChI=1S/C17H18O3S/c1-12(2)14-9-7-13(8-10-14)11-21(20)16-6-4-3-5-15(16)17(18)19/h3-10,12H,11H2,1-2H3,(H,18,19). The van der Waals surface area contributed by atoms with Gasteiger partial charge in [0.1, 0.15) is 0 Å². The zero-order chi connectivity index (χ0) is 15.4. The molecule has 1 unspecified atom stereocenters. The third-order valence-electron chi connectivity index (χ3n) is 3.31. The molecular weight excluding hydrogens is 284 g/mol. The van der Waals surface area contributed by atoms with Crippen molar-refractivity contribution >= 4 is 16.8 Å². The van der Waals surface area contributed by atoms with Crippen LogP contribution in [0.2, 0.25) is 0 Å². The van der Waals surface area contributed by atoms with E-state index in [2.05, 4.69) is 13.8 Å². The van der Waals surface area contributed by atoms with Crippen molar-refractivity contribution in [3.05, 3.63) is 65.2 Å². The fraction of sp³-hybridized carbons (Fsp3) is 0.235. The van der Waals surface area contributed by atoms with E-state index in [9.17, 15) is 9.00 Å². The molecule has 2 aromatic carbocycles. The predicted octanol–water partition coefficient (Wildman–Crippen LogP) is 3.82. The zero-order valence-electron chi connectivity index (χ0n) is 12.1. The van der Waals surface area contributed by atoms with Gasteiger partial charge in [0, 0.05) is 0 Å². The second kappa shape index (κ2) is 6.68. The van der Waals surface area contributed by atoms with Gasteiger partial charge in [0.25, 0.3) is 0 Å². The number of carbonyl (C=O) groups is 1. The van der Waals surface area contributed by atoms with Crippen LogP contribution in [-0.2, 0) is 16.6 Å². The summed E-state index contributed by atoms with van der Waals surface area (Å²) >= 11 is 0. The van der Waals surface area contributed by atoms with E-state index in [4.69, 9.17) is 5.11 Å². The first kappa shape index (κ1) is 15.4. The van der Waals surface area contributed by atoms with Crippen molar-refractivity contribution in [3.8, 4) is 0 Å². The number of rotatable bonds is 5. The average Bonchev–Trinajstić information content (AvgIpc) is 2.47. The Balaban J connectivity index is 2.20. The summed E-state index contributed by atoms with van der Waals surface area (Å²) in [6, 6.07) is 14.4. The summed E-state index contributed by atoms with van der Waals surface area (Å²) in [6.45, 7) is 4.24. The van der Waals surface area contributed by atoms with Crippen molar-refractivity contribution in [2.24, 2.45) is 0 Å². The predicted molar refractivity (Wildman–Crippen MR) is 84.0 cm³/mol. The fourth-order valence-electron chi connectivity index (χ4n) is 2.07. The average molecular weight is 302 g/mol. The van der Waals surface area contributed by atoms with Crippen LogP contribution in [0.25, 0.3) is 0 Å². The molecule has 110 valence electrons. The highest BCUT2D eigenvalue weighted by Crippen LogP contribution is 2.19. The minimum atomic E-state index is -1.36. The van der Waals surface area contributed by atoms with Crippen molar-refractivity contribution in [2.45, 2.75) is 30.4 Å². The normalized spacial score (nSPS) is 12.3. The highest BCUT2D eigenvalue weighted by atomic mass is 32.2. The van der Waals surface area contributed by atoms with Crippen LogP contribution < -0.4 is 0 Å². The van der Waals surface area contributed by atoms with Crippen molar-refractivity contribution in [1.82, 2.24) is 0 Å². The Morgan fingerprint density at radius 2 is 1.71 bits per heavy atom. The molecule has 1 atom stereocenters. The molecule has 1 N–H and O–H groups in total. The second-order valence-electron chi connectivity index (χ2n) is 5.19. The first-order valence-electron chi connectivity index (χ1n) is 6.78. The van der Waals surface area contributed by atoms with Crippen LogP contribution >= 0.6 is 0 Å².